The lowest BCUT2D eigenvalue weighted by Crippen LogP contribution is -2.09. The van der Waals surface area contributed by atoms with Gasteiger partial charge in [-0.1, -0.05) is 32.9 Å². The Hall–Kier alpha value is -0.590. The van der Waals surface area contributed by atoms with Crippen LogP contribution < -0.4 is 0 Å². The number of carbonyl (C=O) groups is 1. The first-order valence-corrected chi connectivity index (χ1v) is 4.59. The second-order valence-electron chi connectivity index (χ2n) is 4.42. The molecule has 1 nitrogen and oxygen atoms in total. The van der Waals surface area contributed by atoms with Crippen LogP contribution in [0.2, 0.25) is 0 Å². The second-order valence-corrected chi connectivity index (χ2v) is 4.42. The Kier molecular flexibility index (Phi) is 2.15. The fourth-order valence-electron chi connectivity index (χ4n) is 2.01. The molecule has 1 fully saturated rings. The van der Waals surface area contributed by atoms with Crippen LogP contribution in [-0.4, -0.2) is 5.78 Å². The number of ketones is 1. The summed E-state index contributed by atoms with van der Waals surface area (Å²) in [4.78, 5) is 10.9. The van der Waals surface area contributed by atoms with Crippen LogP contribution in [0.5, 0.6) is 0 Å². The Morgan fingerprint density at radius 2 is 2.17 bits per heavy atom. The number of rotatable bonds is 3. The van der Waals surface area contributed by atoms with Crippen LogP contribution in [0.15, 0.2) is 12.2 Å². The number of allylic oxidation sites excluding steroid dienone is 1. The molecule has 0 aromatic rings. The predicted molar refractivity (Wildman–Crippen MR) is 50.9 cm³/mol. The third-order valence-electron chi connectivity index (χ3n) is 3.44. The molecule has 0 radical (unpaired) electrons. The molecule has 0 bridgehead atoms. The Balaban J connectivity index is 2.64. The Morgan fingerprint density at radius 3 is 2.42 bits per heavy atom. The largest absolute Gasteiger partial charge is 0.300 e. The number of hydrogen-bond acceptors (Lipinski definition) is 1. The molecule has 2 atom stereocenters. The summed E-state index contributed by atoms with van der Waals surface area (Å²) in [5.74, 6) is 1.34. The van der Waals surface area contributed by atoms with Crippen LogP contribution in [0.25, 0.3) is 0 Å². The topological polar surface area (TPSA) is 17.1 Å². The van der Waals surface area contributed by atoms with Crippen LogP contribution in [0.1, 0.15) is 34.1 Å². The highest BCUT2D eigenvalue weighted by Crippen LogP contribution is 2.63. The average molecular weight is 166 g/mol. The molecule has 0 aliphatic heterocycles. The van der Waals surface area contributed by atoms with Crippen molar-refractivity contribution < 1.29 is 4.79 Å². The third kappa shape index (κ3) is 1.21. The predicted octanol–water partition coefficient (Wildman–Crippen LogP) is 2.81. The average Bonchev–Trinajstić information content (AvgIpc) is 2.41. The Labute approximate surface area is 74.9 Å². The van der Waals surface area contributed by atoms with E-state index >= 15 is 0 Å². The summed E-state index contributed by atoms with van der Waals surface area (Å²) in [6.45, 7) is 12.3. The van der Waals surface area contributed by atoms with Crippen molar-refractivity contribution in [1.29, 1.82) is 0 Å². The van der Waals surface area contributed by atoms with Crippen molar-refractivity contribution >= 4 is 5.78 Å². The highest BCUT2D eigenvalue weighted by Gasteiger charge is 2.56. The van der Waals surface area contributed by atoms with Gasteiger partial charge < -0.3 is 4.79 Å². The lowest BCUT2D eigenvalue weighted by molar-refractivity contribution is -0.117. The summed E-state index contributed by atoms with van der Waals surface area (Å²) in [5, 5.41) is 0. The first-order valence-electron chi connectivity index (χ1n) is 4.59. The van der Waals surface area contributed by atoms with Gasteiger partial charge in [-0.15, -0.1) is 0 Å². The monoisotopic (exact) mass is 166 g/mol. The molecule has 1 aliphatic rings. The van der Waals surface area contributed by atoms with Crippen LogP contribution in [-0.2, 0) is 4.79 Å². The van der Waals surface area contributed by atoms with Crippen LogP contribution in [0, 0.1) is 17.3 Å². The minimum absolute atomic E-state index is 0.242. The summed E-state index contributed by atoms with van der Waals surface area (Å²) in [6, 6.07) is 0. The summed E-state index contributed by atoms with van der Waals surface area (Å²) in [6.07, 6.45) is 0.688. The minimum Gasteiger partial charge on any atom is -0.300 e. The van der Waals surface area contributed by atoms with Gasteiger partial charge in [0.05, 0.1) is 0 Å². The van der Waals surface area contributed by atoms with Gasteiger partial charge in [-0.05, 0) is 24.2 Å². The van der Waals surface area contributed by atoms with Crippen molar-refractivity contribution in [3.8, 4) is 0 Å². The second kappa shape index (κ2) is 2.72. The van der Waals surface area contributed by atoms with Crippen molar-refractivity contribution in [2.24, 2.45) is 17.3 Å². The van der Waals surface area contributed by atoms with Gasteiger partial charge in [0.1, 0.15) is 5.78 Å². The number of carbonyl (C=O) groups excluding carboxylic acids is 1. The van der Waals surface area contributed by atoms with E-state index in [1.807, 2.05) is 0 Å². The zero-order chi connectivity index (χ0) is 9.52. The van der Waals surface area contributed by atoms with Gasteiger partial charge in [0.25, 0.3) is 0 Å². The Bertz CT molecular complexity index is 227. The zero-order valence-corrected chi connectivity index (χ0v) is 8.48. The molecule has 1 heteroatoms. The highest BCUT2D eigenvalue weighted by molar-refractivity contribution is 5.77. The minimum atomic E-state index is 0.242. The molecule has 0 N–H and O–H groups in total. The first-order chi connectivity index (χ1) is 5.40. The van der Waals surface area contributed by atoms with E-state index in [9.17, 15) is 4.79 Å². The van der Waals surface area contributed by atoms with E-state index in [-0.39, 0.29) is 11.2 Å². The van der Waals surface area contributed by atoms with E-state index in [0.29, 0.717) is 18.3 Å². The molecule has 0 amide bonds. The summed E-state index contributed by atoms with van der Waals surface area (Å²) >= 11 is 0. The van der Waals surface area contributed by atoms with Gasteiger partial charge in [0, 0.05) is 6.42 Å². The molecule has 12 heavy (non-hydrogen) atoms. The molecule has 0 heterocycles. The van der Waals surface area contributed by atoms with Crippen LogP contribution in [0.3, 0.4) is 0 Å². The van der Waals surface area contributed by atoms with Gasteiger partial charge >= 0.3 is 0 Å². The number of Topliss-reactive ketones (excluding diaryl/α,β-unsaturated/α-hetero) is 1. The summed E-state index contributed by atoms with van der Waals surface area (Å²) < 4.78 is 0. The van der Waals surface area contributed by atoms with Crippen LogP contribution >= 0.6 is 0 Å². The lowest BCUT2D eigenvalue weighted by Gasteiger charge is -2.13. The smallest absolute Gasteiger partial charge is 0.130 e. The molecular formula is C11H18O. The van der Waals surface area contributed by atoms with Crippen molar-refractivity contribution in [2.75, 3.05) is 0 Å². The highest BCUT2D eigenvalue weighted by atomic mass is 16.1. The number of hydrogen-bond donors (Lipinski definition) is 0. The van der Waals surface area contributed by atoms with Gasteiger partial charge in [-0.25, -0.2) is 0 Å². The zero-order valence-electron chi connectivity index (χ0n) is 8.48. The third-order valence-corrected chi connectivity index (χ3v) is 3.44. The van der Waals surface area contributed by atoms with E-state index in [1.54, 1.807) is 6.92 Å². The fraction of sp³-hybridized carbons (Fsp3) is 0.727. The summed E-state index contributed by atoms with van der Waals surface area (Å²) in [7, 11) is 0. The van der Waals surface area contributed by atoms with Crippen molar-refractivity contribution in [3.05, 3.63) is 12.2 Å². The Morgan fingerprint density at radius 1 is 1.67 bits per heavy atom. The molecule has 0 saturated heterocycles. The molecule has 0 aromatic heterocycles. The van der Waals surface area contributed by atoms with Gasteiger partial charge in [-0.3, -0.25) is 0 Å². The molecule has 0 aromatic carbocycles. The van der Waals surface area contributed by atoms with Crippen molar-refractivity contribution in [2.45, 2.75) is 34.1 Å². The van der Waals surface area contributed by atoms with Crippen molar-refractivity contribution in [1.82, 2.24) is 0 Å². The van der Waals surface area contributed by atoms with E-state index in [1.165, 1.54) is 5.57 Å². The standard InChI is InChI=1S/C11H18O/c1-7(2)11(5)9(4)10(11)6-8(3)12/h7,10H,4,6H2,1-3,5H3. The SMILES string of the molecule is C=C1C(CC(C)=O)C1(C)C(C)C. The molecule has 1 aliphatic carbocycles. The molecule has 1 rings (SSSR count). The van der Waals surface area contributed by atoms with Crippen molar-refractivity contribution in [3.63, 3.8) is 0 Å². The normalized spacial score (nSPS) is 34.1. The van der Waals surface area contributed by atoms with E-state index in [0.717, 1.165) is 0 Å². The van der Waals surface area contributed by atoms with Gasteiger partial charge in [0.15, 0.2) is 0 Å². The summed E-state index contributed by atoms with van der Waals surface area (Å²) in [5.41, 5.74) is 1.51. The first kappa shape index (κ1) is 9.50. The molecule has 1 saturated carbocycles. The fourth-order valence-corrected chi connectivity index (χ4v) is 2.01. The maximum Gasteiger partial charge on any atom is 0.130 e. The van der Waals surface area contributed by atoms with E-state index < -0.39 is 0 Å². The lowest BCUT2D eigenvalue weighted by atomic mass is 9.90. The maximum atomic E-state index is 10.9. The van der Waals surface area contributed by atoms with Gasteiger partial charge in [-0.2, -0.15) is 0 Å². The van der Waals surface area contributed by atoms with E-state index in [4.69, 9.17) is 0 Å². The molecule has 0 spiro atoms. The van der Waals surface area contributed by atoms with Crippen LogP contribution in [0.4, 0.5) is 0 Å². The maximum absolute atomic E-state index is 10.9. The van der Waals surface area contributed by atoms with E-state index in [2.05, 4.69) is 27.4 Å². The molecule has 68 valence electrons. The quantitative estimate of drug-likeness (QED) is 0.589. The molecule has 2 unspecified atom stereocenters. The molecular weight excluding hydrogens is 148 g/mol. The van der Waals surface area contributed by atoms with Gasteiger partial charge in [0.2, 0.25) is 0 Å².